The van der Waals surface area contributed by atoms with Crippen LogP contribution in [0.3, 0.4) is 0 Å². The molecule has 47 heavy (non-hydrogen) atoms. The van der Waals surface area contributed by atoms with E-state index >= 15 is 0 Å². The van der Waals surface area contributed by atoms with Gasteiger partial charge in [-0.05, 0) is 80.4 Å². The van der Waals surface area contributed by atoms with E-state index in [1.54, 1.807) is 0 Å². The highest BCUT2D eigenvalue weighted by Gasteiger charge is 2.19. The molecule has 0 radical (unpaired) electrons. The van der Waals surface area contributed by atoms with Gasteiger partial charge < -0.3 is 9.30 Å². The van der Waals surface area contributed by atoms with Gasteiger partial charge in [-0.1, -0.05) is 90.5 Å². The maximum Gasteiger partial charge on any atom is 0.137 e. The van der Waals surface area contributed by atoms with E-state index in [2.05, 4.69) is 109 Å². The predicted molar refractivity (Wildman–Crippen MR) is 193 cm³/mol. The van der Waals surface area contributed by atoms with Crippen LogP contribution in [0, 0.1) is 20.8 Å². The molecule has 0 unspecified atom stereocenters. The first-order chi connectivity index (χ1) is 23.0. The summed E-state index contributed by atoms with van der Waals surface area (Å²) in [5.41, 5.74) is 15.6. The fraction of sp³-hybridized carbons (Fsp3) is 0.0714. The molecule has 0 saturated carbocycles. The monoisotopic (exact) mass is 607 g/mol. The standard InChI is InChI=1S/C42H33N5/c1-28-25-29(2)42(30(3)26-28)47(34-20-16-31(17-21-34)38-27-46-24-10-9-15-39(46)43-38)35-22-18-33(19-23-35)41-40(32-11-5-4-6-12-32)44-36-13-7-8-14-37(36)45-41/h4-27H,1-3H3. The van der Waals surface area contributed by atoms with Crippen LogP contribution in [-0.2, 0) is 0 Å². The van der Waals surface area contributed by atoms with E-state index in [1.807, 2.05) is 66.9 Å². The molecule has 5 nitrogen and oxygen atoms in total. The van der Waals surface area contributed by atoms with E-state index in [9.17, 15) is 0 Å². The van der Waals surface area contributed by atoms with Gasteiger partial charge in [0.1, 0.15) is 5.65 Å². The van der Waals surface area contributed by atoms with Gasteiger partial charge in [-0.2, -0.15) is 0 Å². The van der Waals surface area contributed by atoms with Crippen LogP contribution in [0.4, 0.5) is 17.1 Å². The van der Waals surface area contributed by atoms with Gasteiger partial charge in [-0.25, -0.2) is 15.0 Å². The van der Waals surface area contributed by atoms with E-state index in [4.69, 9.17) is 15.0 Å². The molecule has 0 N–H and O–H groups in total. The van der Waals surface area contributed by atoms with Gasteiger partial charge in [0.15, 0.2) is 0 Å². The summed E-state index contributed by atoms with van der Waals surface area (Å²) in [6.45, 7) is 6.54. The molecule has 3 aromatic heterocycles. The van der Waals surface area contributed by atoms with Crippen molar-refractivity contribution in [1.29, 1.82) is 0 Å². The molecule has 0 aliphatic carbocycles. The highest BCUT2D eigenvalue weighted by molar-refractivity contribution is 5.88. The number of anilines is 3. The third-order valence-corrected chi connectivity index (χ3v) is 8.66. The number of fused-ring (bicyclic) bond motifs is 2. The molecule has 0 fully saturated rings. The molecular weight excluding hydrogens is 574 g/mol. The fourth-order valence-electron chi connectivity index (χ4n) is 6.55. The first kappa shape index (κ1) is 28.4. The van der Waals surface area contributed by atoms with E-state index in [1.165, 1.54) is 22.4 Å². The summed E-state index contributed by atoms with van der Waals surface area (Å²) in [5, 5.41) is 0. The maximum absolute atomic E-state index is 5.12. The largest absolute Gasteiger partial charge is 0.310 e. The number of pyridine rings is 1. The first-order valence-electron chi connectivity index (χ1n) is 15.9. The Hall–Kier alpha value is -6.07. The third kappa shape index (κ3) is 5.32. The summed E-state index contributed by atoms with van der Waals surface area (Å²) >= 11 is 0. The SMILES string of the molecule is Cc1cc(C)c(N(c2ccc(-c3cn4ccccc4n3)cc2)c2ccc(-c3nc4ccccc4nc3-c3ccccc3)cc2)c(C)c1. The molecule has 8 rings (SSSR count). The molecular formula is C42H33N5. The lowest BCUT2D eigenvalue weighted by atomic mass is 10.0. The summed E-state index contributed by atoms with van der Waals surface area (Å²) in [6, 6.07) is 46.3. The van der Waals surface area contributed by atoms with E-state index in [0.29, 0.717) is 0 Å². The highest BCUT2D eigenvalue weighted by atomic mass is 15.1. The van der Waals surface area contributed by atoms with Crippen LogP contribution in [0.1, 0.15) is 16.7 Å². The Morgan fingerprint density at radius 2 is 1.04 bits per heavy atom. The van der Waals surface area contributed by atoms with Gasteiger partial charge in [-0.15, -0.1) is 0 Å². The second-order valence-electron chi connectivity index (χ2n) is 12.0. The number of hydrogen-bond acceptors (Lipinski definition) is 4. The van der Waals surface area contributed by atoms with Gasteiger partial charge >= 0.3 is 0 Å². The van der Waals surface area contributed by atoms with Crippen LogP contribution >= 0.6 is 0 Å². The zero-order valence-electron chi connectivity index (χ0n) is 26.6. The molecule has 0 aliphatic rings. The van der Waals surface area contributed by atoms with Crippen LogP contribution in [-0.4, -0.2) is 19.4 Å². The quantitative estimate of drug-likeness (QED) is 0.189. The molecule has 3 heterocycles. The number of aryl methyl sites for hydroxylation is 3. The Morgan fingerprint density at radius 3 is 1.64 bits per heavy atom. The molecule has 0 bridgehead atoms. The number of rotatable bonds is 6. The maximum atomic E-state index is 5.12. The van der Waals surface area contributed by atoms with Crippen molar-refractivity contribution < 1.29 is 0 Å². The summed E-state index contributed by atoms with van der Waals surface area (Å²) in [4.78, 5) is 17.4. The van der Waals surface area contributed by atoms with Crippen molar-refractivity contribution in [3.05, 3.63) is 163 Å². The minimum absolute atomic E-state index is 0.868. The highest BCUT2D eigenvalue weighted by Crippen LogP contribution is 2.41. The van der Waals surface area contributed by atoms with Crippen LogP contribution in [0.5, 0.6) is 0 Å². The summed E-state index contributed by atoms with van der Waals surface area (Å²) in [7, 11) is 0. The Kier molecular flexibility index (Phi) is 7.07. The second-order valence-corrected chi connectivity index (χ2v) is 12.0. The van der Waals surface area contributed by atoms with Gasteiger partial charge in [0, 0.05) is 40.5 Å². The van der Waals surface area contributed by atoms with Crippen LogP contribution in [0.2, 0.25) is 0 Å². The van der Waals surface area contributed by atoms with Gasteiger partial charge in [0.25, 0.3) is 0 Å². The normalized spacial score (nSPS) is 11.3. The number of nitrogens with zero attached hydrogens (tertiary/aromatic N) is 5. The number of hydrogen-bond donors (Lipinski definition) is 0. The van der Waals surface area contributed by atoms with E-state index in [-0.39, 0.29) is 0 Å². The second kappa shape index (κ2) is 11.7. The third-order valence-electron chi connectivity index (χ3n) is 8.66. The van der Waals surface area contributed by atoms with Crippen LogP contribution in [0.15, 0.2) is 146 Å². The molecule has 5 heteroatoms. The molecule has 0 aliphatic heterocycles. The fourth-order valence-corrected chi connectivity index (χ4v) is 6.55. The molecule has 0 saturated heterocycles. The van der Waals surface area contributed by atoms with Gasteiger partial charge in [0.05, 0.1) is 33.8 Å². The predicted octanol–water partition coefficient (Wildman–Crippen LogP) is 10.7. The van der Waals surface area contributed by atoms with Gasteiger partial charge in [-0.3, -0.25) is 0 Å². The van der Waals surface area contributed by atoms with Gasteiger partial charge in [0.2, 0.25) is 0 Å². The van der Waals surface area contributed by atoms with Crippen molar-refractivity contribution in [3.63, 3.8) is 0 Å². The summed E-state index contributed by atoms with van der Waals surface area (Å²) in [6.07, 6.45) is 4.11. The number of aromatic nitrogens is 4. The Labute approximate surface area is 274 Å². The Morgan fingerprint density at radius 1 is 0.511 bits per heavy atom. The van der Waals surface area contributed by atoms with Crippen molar-refractivity contribution in [2.45, 2.75) is 20.8 Å². The molecule has 0 spiro atoms. The molecule has 0 amide bonds. The minimum Gasteiger partial charge on any atom is -0.310 e. The lowest BCUT2D eigenvalue weighted by molar-refractivity contribution is 1.19. The Bertz CT molecular complexity index is 2320. The zero-order valence-corrected chi connectivity index (χ0v) is 26.6. The van der Waals surface area contributed by atoms with Crippen molar-refractivity contribution >= 4 is 33.7 Å². The number of imidazole rings is 1. The first-order valence-corrected chi connectivity index (χ1v) is 15.9. The average molecular weight is 608 g/mol. The van der Waals surface area contributed by atoms with Crippen molar-refractivity contribution in [3.8, 4) is 33.8 Å². The molecule has 5 aromatic carbocycles. The smallest absolute Gasteiger partial charge is 0.137 e. The lowest BCUT2D eigenvalue weighted by Gasteiger charge is -2.29. The van der Waals surface area contributed by atoms with E-state index in [0.717, 1.165) is 61.8 Å². The molecule has 0 atom stereocenters. The van der Waals surface area contributed by atoms with Crippen LogP contribution in [0.25, 0.3) is 50.5 Å². The Balaban J connectivity index is 1.23. The zero-order chi connectivity index (χ0) is 31.9. The van der Waals surface area contributed by atoms with E-state index < -0.39 is 0 Å². The molecule has 8 aromatic rings. The number of benzene rings is 5. The lowest BCUT2D eigenvalue weighted by Crippen LogP contribution is -2.13. The topological polar surface area (TPSA) is 46.3 Å². The summed E-state index contributed by atoms with van der Waals surface area (Å²) in [5.74, 6) is 0. The summed E-state index contributed by atoms with van der Waals surface area (Å²) < 4.78 is 2.05. The van der Waals surface area contributed by atoms with Crippen molar-refractivity contribution in [2.75, 3.05) is 4.90 Å². The number of para-hydroxylation sites is 2. The van der Waals surface area contributed by atoms with Crippen molar-refractivity contribution in [2.24, 2.45) is 0 Å². The average Bonchev–Trinajstić information content (AvgIpc) is 3.54. The minimum atomic E-state index is 0.868. The molecule has 226 valence electrons. The van der Waals surface area contributed by atoms with Crippen molar-refractivity contribution in [1.82, 2.24) is 19.4 Å². The van der Waals surface area contributed by atoms with Crippen LogP contribution < -0.4 is 4.90 Å².